The van der Waals surface area contributed by atoms with Crippen LogP contribution >= 0.6 is 0 Å². The van der Waals surface area contributed by atoms with E-state index in [0.717, 1.165) is 0 Å². The molecule has 0 aromatic rings. The minimum absolute atomic E-state index is 0.0105. The Morgan fingerprint density at radius 3 is 2.35 bits per heavy atom. The average Bonchev–Trinajstić information content (AvgIpc) is 2.57. The van der Waals surface area contributed by atoms with Gasteiger partial charge in [0.1, 0.15) is 5.60 Å². The van der Waals surface area contributed by atoms with Crippen LogP contribution in [-0.4, -0.2) is 53.4 Å². The van der Waals surface area contributed by atoms with E-state index in [1.54, 1.807) is 0 Å². The van der Waals surface area contributed by atoms with Crippen molar-refractivity contribution >= 4 is 11.9 Å². The van der Waals surface area contributed by atoms with Crippen LogP contribution in [0.3, 0.4) is 0 Å². The molecule has 96 valence electrons. The van der Waals surface area contributed by atoms with Crippen molar-refractivity contribution in [2.45, 2.75) is 18.2 Å². The fraction of sp³-hybridized carbons (Fsp3) is 0.778. The molecule has 17 heavy (non-hydrogen) atoms. The number of rotatable bonds is 1. The summed E-state index contributed by atoms with van der Waals surface area (Å²) >= 11 is 0. The molecule has 0 saturated carbocycles. The molecule has 1 unspecified atom stereocenters. The number of aliphatic carboxylic acids is 1. The molecule has 2 aliphatic heterocycles. The Bertz CT molecular complexity index is 362. The van der Waals surface area contributed by atoms with Crippen LogP contribution in [0.5, 0.6) is 0 Å². The SMILES string of the molecule is O=C(O)C1COC2(C1)CN(C(=O)C(F)(F)F)C2. The summed E-state index contributed by atoms with van der Waals surface area (Å²) in [5, 5.41) is 8.73. The molecule has 5 nitrogen and oxygen atoms in total. The first-order valence-electron chi connectivity index (χ1n) is 4.96. The fourth-order valence-corrected chi connectivity index (χ4v) is 2.20. The zero-order chi connectivity index (χ0) is 12.8. The highest BCUT2D eigenvalue weighted by molar-refractivity contribution is 5.83. The molecule has 0 bridgehead atoms. The second-order valence-corrected chi connectivity index (χ2v) is 4.39. The van der Waals surface area contributed by atoms with Gasteiger partial charge in [-0.1, -0.05) is 0 Å². The molecular weight excluding hydrogens is 243 g/mol. The lowest BCUT2D eigenvalue weighted by molar-refractivity contribution is -0.204. The molecule has 2 heterocycles. The van der Waals surface area contributed by atoms with Gasteiger partial charge in [0.25, 0.3) is 0 Å². The average molecular weight is 253 g/mol. The van der Waals surface area contributed by atoms with Gasteiger partial charge in [0, 0.05) is 0 Å². The third kappa shape index (κ3) is 2.08. The van der Waals surface area contributed by atoms with Gasteiger partial charge in [-0.15, -0.1) is 0 Å². The summed E-state index contributed by atoms with van der Waals surface area (Å²) in [5.41, 5.74) is -0.885. The topological polar surface area (TPSA) is 66.8 Å². The van der Waals surface area contributed by atoms with E-state index in [-0.39, 0.29) is 26.1 Å². The molecule has 2 rings (SSSR count). The monoisotopic (exact) mass is 253 g/mol. The maximum Gasteiger partial charge on any atom is 0.471 e. The van der Waals surface area contributed by atoms with Crippen molar-refractivity contribution in [2.24, 2.45) is 5.92 Å². The van der Waals surface area contributed by atoms with Gasteiger partial charge in [-0.05, 0) is 6.42 Å². The first-order chi connectivity index (χ1) is 7.73. The lowest BCUT2D eigenvalue weighted by Gasteiger charge is -2.47. The van der Waals surface area contributed by atoms with Crippen LogP contribution in [0.15, 0.2) is 0 Å². The molecule has 0 radical (unpaired) electrons. The third-order valence-corrected chi connectivity index (χ3v) is 3.05. The third-order valence-electron chi connectivity index (χ3n) is 3.05. The number of carboxylic acids is 1. The van der Waals surface area contributed by atoms with Crippen LogP contribution < -0.4 is 0 Å². The van der Waals surface area contributed by atoms with Crippen LogP contribution in [-0.2, 0) is 14.3 Å². The first-order valence-corrected chi connectivity index (χ1v) is 4.96. The Morgan fingerprint density at radius 1 is 1.35 bits per heavy atom. The number of carbonyl (C=O) groups is 2. The minimum atomic E-state index is -4.88. The number of halogens is 3. The fourth-order valence-electron chi connectivity index (χ4n) is 2.20. The zero-order valence-corrected chi connectivity index (χ0v) is 8.66. The van der Waals surface area contributed by atoms with E-state index in [0.29, 0.717) is 4.90 Å². The predicted molar refractivity (Wildman–Crippen MR) is 47.1 cm³/mol. The predicted octanol–water partition coefficient (Wildman–Crippen LogP) is 0.251. The van der Waals surface area contributed by atoms with Crippen LogP contribution in [0, 0.1) is 5.92 Å². The summed E-state index contributed by atoms with van der Waals surface area (Å²) in [4.78, 5) is 22.1. The number of hydrogen-bond donors (Lipinski definition) is 1. The highest BCUT2D eigenvalue weighted by atomic mass is 19.4. The molecule has 2 saturated heterocycles. The molecule has 1 spiro atoms. The van der Waals surface area contributed by atoms with Crippen molar-refractivity contribution in [3.63, 3.8) is 0 Å². The van der Waals surface area contributed by atoms with E-state index in [1.807, 2.05) is 0 Å². The quantitative estimate of drug-likeness (QED) is 0.727. The Hall–Kier alpha value is -1.31. The standard InChI is InChI=1S/C9H10F3NO4/c10-9(11,12)7(16)13-3-8(4-13)1-5(2-17-8)6(14)15/h5H,1-4H2,(H,14,15). The number of likely N-dealkylation sites (tertiary alicyclic amines) is 1. The summed E-state index contributed by atoms with van der Waals surface area (Å²) in [5.74, 6) is -3.62. The number of hydrogen-bond acceptors (Lipinski definition) is 3. The minimum Gasteiger partial charge on any atom is -0.481 e. The van der Waals surface area contributed by atoms with Crippen molar-refractivity contribution in [1.82, 2.24) is 4.90 Å². The molecule has 1 atom stereocenters. The Labute approximate surface area is 94.1 Å². The van der Waals surface area contributed by atoms with Crippen LogP contribution in [0.4, 0.5) is 13.2 Å². The Morgan fingerprint density at radius 2 is 1.94 bits per heavy atom. The smallest absolute Gasteiger partial charge is 0.471 e. The molecule has 0 aromatic heterocycles. The molecule has 2 fully saturated rings. The molecule has 0 aromatic carbocycles. The highest BCUT2D eigenvalue weighted by Gasteiger charge is 2.56. The number of nitrogens with zero attached hydrogens (tertiary/aromatic N) is 1. The molecule has 8 heteroatoms. The summed E-state index contributed by atoms with van der Waals surface area (Å²) in [6.45, 7) is -0.381. The number of alkyl halides is 3. The van der Waals surface area contributed by atoms with Crippen LogP contribution in [0.2, 0.25) is 0 Å². The molecule has 1 amide bonds. The number of ether oxygens (including phenoxy) is 1. The van der Waals surface area contributed by atoms with E-state index in [9.17, 15) is 22.8 Å². The van der Waals surface area contributed by atoms with Gasteiger partial charge >= 0.3 is 18.1 Å². The molecule has 2 aliphatic rings. The van der Waals surface area contributed by atoms with E-state index in [4.69, 9.17) is 9.84 Å². The van der Waals surface area contributed by atoms with Crippen molar-refractivity contribution in [2.75, 3.05) is 19.7 Å². The van der Waals surface area contributed by atoms with Gasteiger partial charge in [0.15, 0.2) is 0 Å². The summed E-state index contributed by atoms with van der Waals surface area (Å²) in [6.07, 6.45) is -4.73. The van der Waals surface area contributed by atoms with Crippen molar-refractivity contribution < 1.29 is 32.6 Å². The molecular formula is C9H10F3NO4. The van der Waals surface area contributed by atoms with Gasteiger partial charge in [0.05, 0.1) is 25.6 Å². The maximum absolute atomic E-state index is 12.1. The summed E-state index contributed by atoms with van der Waals surface area (Å²) < 4.78 is 41.4. The van der Waals surface area contributed by atoms with Gasteiger partial charge < -0.3 is 14.7 Å². The summed E-state index contributed by atoms with van der Waals surface area (Å²) in [6, 6.07) is 0. The maximum atomic E-state index is 12.1. The summed E-state index contributed by atoms with van der Waals surface area (Å²) in [7, 11) is 0. The zero-order valence-electron chi connectivity index (χ0n) is 8.66. The highest BCUT2D eigenvalue weighted by Crippen LogP contribution is 2.39. The van der Waals surface area contributed by atoms with Crippen LogP contribution in [0.1, 0.15) is 6.42 Å². The van der Waals surface area contributed by atoms with Gasteiger partial charge in [-0.3, -0.25) is 9.59 Å². The molecule has 0 aliphatic carbocycles. The first kappa shape index (κ1) is 12.2. The Balaban J connectivity index is 1.91. The van der Waals surface area contributed by atoms with Gasteiger partial charge in [-0.2, -0.15) is 13.2 Å². The lowest BCUT2D eigenvalue weighted by Crippen LogP contribution is -2.65. The van der Waals surface area contributed by atoms with Crippen molar-refractivity contribution in [3.8, 4) is 0 Å². The normalized spacial score (nSPS) is 27.0. The number of amides is 1. The van der Waals surface area contributed by atoms with E-state index >= 15 is 0 Å². The van der Waals surface area contributed by atoms with Crippen LogP contribution in [0.25, 0.3) is 0 Å². The largest absolute Gasteiger partial charge is 0.481 e. The van der Waals surface area contributed by atoms with Crippen molar-refractivity contribution in [1.29, 1.82) is 0 Å². The van der Waals surface area contributed by atoms with E-state index < -0.39 is 29.6 Å². The van der Waals surface area contributed by atoms with E-state index in [2.05, 4.69) is 0 Å². The van der Waals surface area contributed by atoms with Gasteiger partial charge in [-0.25, -0.2) is 0 Å². The second kappa shape index (κ2) is 3.59. The molecule has 1 N–H and O–H groups in total. The van der Waals surface area contributed by atoms with Gasteiger partial charge in [0.2, 0.25) is 0 Å². The van der Waals surface area contributed by atoms with E-state index in [1.165, 1.54) is 0 Å². The van der Waals surface area contributed by atoms with Crippen molar-refractivity contribution in [3.05, 3.63) is 0 Å². The second-order valence-electron chi connectivity index (χ2n) is 4.39. The number of carboxylic acid groups (broad SMARTS) is 1. The lowest BCUT2D eigenvalue weighted by atomic mass is 9.87. The number of carbonyl (C=O) groups excluding carboxylic acids is 1. The Kier molecular flexibility index (Phi) is 2.57.